The van der Waals surface area contributed by atoms with E-state index in [9.17, 15) is 4.79 Å². The average Bonchev–Trinajstić information content (AvgIpc) is 3.10. The van der Waals surface area contributed by atoms with Crippen molar-refractivity contribution in [1.82, 2.24) is 9.88 Å². The summed E-state index contributed by atoms with van der Waals surface area (Å²) >= 11 is 0. The van der Waals surface area contributed by atoms with Crippen LogP contribution in [0.4, 0.5) is 5.82 Å². The van der Waals surface area contributed by atoms with Crippen molar-refractivity contribution in [2.24, 2.45) is 11.3 Å². The summed E-state index contributed by atoms with van der Waals surface area (Å²) in [5, 5.41) is 0. The lowest BCUT2D eigenvalue weighted by molar-refractivity contribution is -0.117. The topological polar surface area (TPSA) is 36.4 Å². The smallest absolute Gasteiger partial charge is 0.228 e. The lowest BCUT2D eigenvalue weighted by Gasteiger charge is -2.23. The van der Waals surface area contributed by atoms with Crippen LogP contribution < -0.4 is 4.90 Å². The third-order valence-electron chi connectivity index (χ3n) is 4.98. The maximum atomic E-state index is 12.3. The Morgan fingerprint density at radius 3 is 2.95 bits per heavy atom. The number of hydrogen-bond acceptors (Lipinski definition) is 3. The van der Waals surface area contributed by atoms with Crippen molar-refractivity contribution in [1.29, 1.82) is 0 Å². The number of rotatable bonds is 3. The highest BCUT2D eigenvalue weighted by molar-refractivity contribution is 5.95. The SMILES string of the molecule is O=C1C[C@@]2(CCN(CC3CC3)C2)CN1c1ccccn1. The van der Waals surface area contributed by atoms with Crippen LogP contribution in [0.1, 0.15) is 25.7 Å². The molecule has 3 fully saturated rings. The van der Waals surface area contributed by atoms with Crippen LogP contribution in [0.3, 0.4) is 0 Å². The molecule has 1 spiro atoms. The zero-order valence-electron chi connectivity index (χ0n) is 11.8. The van der Waals surface area contributed by atoms with Crippen molar-refractivity contribution in [3.8, 4) is 0 Å². The average molecular weight is 271 g/mol. The Morgan fingerprint density at radius 2 is 2.20 bits per heavy atom. The van der Waals surface area contributed by atoms with Gasteiger partial charge in [0.25, 0.3) is 0 Å². The van der Waals surface area contributed by atoms with Crippen molar-refractivity contribution in [3.05, 3.63) is 24.4 Å². The largest absolute Gasteiger partial charge is 0.302 e. The maximum Gasteiger partial charge on any atom is 0.228 e. The molecule has 0 radical (unpaired) electrons. The molecule has 0 unspecified atom stereocenters. The molecular formula is C16H21N3O. The molecule has 0 bridgehead atoms. The van der Waals surface area contributed by atoms with Crippen molar-refractivity contribution < 1.29 is 4.79 Å². The number of aromatic nitrogens is 1. The number of likely N-dealkylation sites (tertiary alicyclic amines) is 1. The van der Waals surface area contributed by atoms with Crippen LogP contribution in [-0.4, -0.2) is 42.0 Å². The van der Waals surface area contributed by atoms with E-state index in [-0.39, 0.29) is 11.3 Å². The van der Waals surface area contributed by atoms with Crippen LogP contribution in [0.5, 0.6) is 0 Å². The predicted octanol–water partition coefficient (Wildman–Crippen LogP) is 1.92. The Labute approximate surface area is 119 Å². The first kappa shape index (κ1) is 12.3. The number of pyridine rings is 1. The van der Waals surface area contributed by atoms with Gasteiger partial charge in [0.05, 0.1) is 0 Å². The molecule has 20 heavy (non-hydrogen) atoms. The number of carbonyl (C=O) groups is 1. The van der Waals surface area contributed by atoms with Crippen LogP contribution in [0.15, 0.2) is 24.4 Å². The van der Waals surface area contributed by atoms with E-state index in [0.717, 1.165) is 31.2 Å². The van der Waals surface area contributed by atoms with E-state index in [0.29, 0.717) is 6.42 Å². The van der Waals surface area contributed by atoms with Gasteiger partial charge in [-0.2, -0.15) is 0 Å². The minimum Gasteiger partial charge on any atom is -0.302 e. The second-order valence-electron chi connectivity index (χ2n) is 6.77. The second-order valence-corrected chi connectivity index (χ2v) is 6.77. The van der Waals surface area contributed by atoms with E-state index in [1.807, 2.05) is 23.1 Å². The van der Waals surface area contributed by atoms with Crippen molar-refractivity contribution in [3.63, 3.8) is 0 Å². The maximum absolute atomic E-state index is 12.3. The highest BCUT2D eigenvalue weighted by atomic mass is 16.2. The highest BCUT2D eigenvalue weighted by Crippen LogP contribution is 2.42. The molecule has 1 aromatic rings. The van der Waals surface area contributed by atoms with Crippen LogP contribution >= 0.6 is 0 Å². The molecule has 106 valence electrons. The normalized spacial score (nSPS) is 30.6. The molecule has 3 heterocycles. The van der Waals surface area contributed by atoms with Crippen LogP contribution in [0.2, 0.25) is 0 Å². The van der Waals surface area contributed by atoms with Crippen molar-refractivity contribution >= 4 is 11.7 Å². The molecule has 4 heteroatoms. The van der Waals surface area contributed by atoms with Gasteiger partial charge in [-0.3, -0.25) is 9.69 Å². The third kappa shape index (κ3) is 2.22. The van der Waals surface area contributed by atoms with Crippen LogP contribution in [0.25, 0.3) is 0 Å². The molecule has 1 aromatic heterocycles. The quantitative estimate of drug-likeness (QED) is 0.842. The third-order valence-corrected chi connectivity index (χ3v) is 4.98. The van der Waals surface area contributed by atoms with Gasteiger partial charge >= 0.3 is 0 Å². The van der Waals surface area contributed by atoms with Gasteiger partial charge in [-0.15, -0.1) is 0 Å². The highest BCUT2D eigenvalue weighted by Gasteiger charge is 2.48. The van der Waals surface area contributed by atoms with E-state index >= 15 is 0 Å². The van der Waals surface area contributed by atoms with Crippen LogP contribution in [-0.2, 0) is 4.79 Å². The first-order valence-corrected chi connectivity index (χ1v) is 7.68. The number of hydrogen-bond donors (Lipinski definition) is 0. The van der Waals surface area contributed by atoms with Crippen molar-refractivity contribution in [2.45, 2.75) is 25.7 Å². The molecule has 1 aliphatic carbocycles. The molecule has 4 rings (SSSR count). The molecule has 0 N–H and O–H groups in total. The Hall–Kier alpha value is -1.42. The Kier molecular flexibility index (Phi) is 2.81. The Bertz CT molecular complexity index is 514. The van der Waals surface area contributed by atoms with Gasteiger partial charge < -0.3 is 4.90 Å². The monoisotopic (exact) mass is 271 g/mol. The standard InChI is InChI=1S/C16H21N3O/c20-15-9-16(6-8-18(11-16)10-13-4-5-13)12-19(15)14-3-1-2-7-17-14/h1-3,7,13H,4-6,8-12H2/t16-/m1/s1. The first-order chi connectivity index (χ1) is 9.74. The van der Waals surface area contributed by atoms with Gasteiger partial charge in [-0.1, -0.05) is 6.07 Å². The number of amides is 1. The van der Waals surface area contributed by atoms with Gasteiger partial charge in [0, 0.05) is 37.7 Å². The minimum atomic E-state index is 0.184. The fourth-order valence-corrected chi connectivity index (χ4v) is 3.74. The molecule has 2 aliphatic heterocycles. The summed E-state index contributed by atoms with van der Waals surface area (Å²) in [4.78, 5) is 21.1. The van der Waals surface area contributed by atoms with Gasteiger partial charge in [0.1, 0.15) is 5.82 Å². The molecule has 4 nitrogen and oxygen atoms in total. The summed E-state index contributed by atoms with van der Waals surface area (Å²) in [7, 11) is 0. The minimum absolute atomic E-state index is 0.184. The van der Waals surface area contributed by atoms with E-state index in [1.165, 1.54) is 25.9 Å². The first-order valence-electron chi connectivity index (χ1n) is 7.68. The van der Waals surface area contributed by atoms with Gasteiger partial charge in [0.15, 0.2) is 0 Å². The number of nitrogens with zero attached hydrogens (tertiary/aromatic N) is 3. The van der Waals surface area contributed by atoms with Gasteiger partial charge in [0.2, 0.25) is 5.91 Å². The molecule has 1 saturated carbocycles. The van der Waals surface area contributed by atoms with E-state index in [2.05, 4.69) is 9.88 Å². The van der Waals surface area contributed by atoms with Crippen LogP contribution in [0, 0.1) is 11.3 Å². The lowest BCUT2D eigenvalue weighted by Crippen LogP contribution is -2.32. The number of carbonyl (C=O) groups excluding carboxylic acids is 1. The molecule has 0 aromatic carbocycles. The van der Waals surface area contributed by atoms with E-state index in [4.69, 9.17) is 0 Å². The van der Waals surface area contributed by atoms with E-state index in [1.54, 1.807) is 6.20 Å². The molecule has 1 amide bonds. The fourth-order valence-electron chi connectivity index (χ4n) is 3.74. The molecular weight excluding hydrogens is 250 g/mol. The predicted molar refractivity (Wildman–Crippen MR) is 77.4 cm³/mol. The summed E-state index contributed by atoms with van der Waals surface area (Å²) < 4.78 is 0. The molecule has 1 atom stereocenters. The summed E-state index contributed by atoms with van der Waals surface area (Å²) in [5.41, 5.74) is 0.184. The Balaban J connectivity index is 1.47. The fraction of sp³-hybridized carbons (Fsp3) is 0.625. The second kappa shape index (κ2) is 4.55. The zero-order chi connectivity index (χ0) is 13.6. The number of anilines is 1. The van der Waals surface area contributed by atoms with Crippen molar-refractivity contribution in [2.75, 3.05) is 31.1 Å². The zero-order valence-corrected chi connectivity index (χ0v) is 11.8. The summed E-state index contributed by atoms with van der Waals surface area (Å²) in [5.74, 6) is 2.00. The summed E-state index contributed by atoms with van der Waals surface area (Å²) in [6.07, 6.45) is 6.44. The van der Waals surface area contributed by atoms with E-state index < -0.39 is 0 Å². The Morgan fingerprint density at radius 1 is 1.30 bits per heavy atom. The molecule has 3 aliphatic rings. The lowest BCUT2D eigenvalue weighted by atomic mass is 9.86. The van der Waals surface area contributed by atoms with Gasteiger partial charge in [-0.25, -0.2) is 4.98 Å². The summed E-state index contributed by atoms with van der Waals surface area (Å²) in [6.45, 7) is 4.36. The van der Waals surface area contributed by atoms with Gasteiger partial charge in [-0.05, 0) is 43.9 Å². The summed E-state index contributed by atoms with van der Waals surface area (Å²) in [6, 6.07) is 5.79. The molecule has 2 saturated heterocycles.